The van der Waals surface area contributed by atoms with E-state index in [2.05, 4.69) is 65.4 Å². The minimum absolute atomic E-state index is 0.0288. The van der Waals surface area contributed by atoms with Gasteiger partial charge in [-0.15, -0.1) is 0 Å². The Morgan fingerprint density at radius 2 is 0.989 bits per heavy atom. The number of carbonyl (C=O) groups is 2. The number of aliphatic hydroxyl groups is 4. The van der Waals surface area contributed by atoms with E-state index in [1.807, 2.05) is 0 Å². The van der Waals surface area contributed by atoms with Crippen molar-refractivity contribution in [2.24, 2.45) is 110 Å². The maximum atomic E-state index is 12.3. The summed E-state index contributed by atoms with van der Waals surface area (Å²) in [5.41, 5.74) is 6.27. The van der Waals surface area contributed by atoms with Crippen molar-refractivity contribution in [3.63, 3.8) is 0 Å². The second kappa shape index (κ2) is 28.3. The molecule has 9 N–H and O–H groups in total. The van der Waals surface area contributed by atoms with Crippen molar-refractivity contribution >= 4 is 32.0 Å². The number of nitrogens with zero attached hydrogens (tertiary/aromatic N) is 2. The van der Waals surface area contributed by atoms with Crippen LogP contribution in [0, 0.1) is 105 Å². The van der Waals surface area contributed by atoms with Crippen LogP contribution >= 0.6 is 0 Å². The van der Waals surface area contributed by atoms with Gasteiger partial charge in [0.1, 0.15) is 0 Å². The lowest BCUT2D eigenvalue weighted by molar-refractivity contribution is -0.203. The van der Waals surface area contributed by atoms with Crippen molar-refractivity contribution in [3.8, 4) is 11.8 Å². The van der Waals surface area contributed by atoms with E-state index in [0.717, 1.165) is 64.2 Å². The number of aromatic nitrogens is 2. The monoisotopic (exact) mass is 1260 g/mol. The molecule has 0 spiro atoms. The van der Waals surface area contributed by atoms with Gasteiger partial charge in [0.15, 0.2) is 5.78 Å². The SMILES string of the molecule is CC[C@H]1[C@@H](O)[C@@H]2[C@H](CC[C@]3(C)[C@@H]([C@H](C)CCOc4ccc(C(=O)CCCS(=O)(=O)O)cn4)CC[C@@H]23)[C@@]2(C)CC[C@@H](O)C[C@@H]12.CC[C@H]1[C@@H](O)[C@@H]2[C@H](CC[C@]3(C)[C@@H]([C@H](C)CCOc4ccc(C(=O)O)cn4)CC[C@@H]23)[C@@]2(C)CC[C@@H](O)C[C@@H]12.NCCS(=O)(=O)O. The Morgan fingerprint density at radius 3 is 1.34 bits per heavy atom. The van der Waals surface area contributed by atoms with Gasteiger partial charge in [-0.2, -0.15) is 16.8 Å². The van der Waals surface area contributed by atoms with E-state index in [-0.39, 0.29) is 88.5 Å². The average Bonchev–Trinajstić information content (AvgIpc) is 1.71. The molecule has 18 nitrogen and oxygen atoms in total. The fraction of sp³-hybridized carbons (Fsp3) is 0.821. The van der Waals surface area contributed by atoms with E-state index >= 15 is 0 Å². The number of aliphatic hydroxyl groups excluding tert-OH is 4. The summed E-state index contributed by atoms with van der Waals surface area (Å²) in [7, 11) is -7.87. The van der Waals surface area contributed by atoms with Gasteiger partial charge < -0.3 is 40.7 Å². The molecule has 0 radical (unpaired) electrons. The van der Waals surface area contributed by atoms with Crippen LogP contribution in [0.1, 0.15) is 205 Å². The molecule has 2 heterocycles. The number of hydrogen-bond acceptors (Lipinski definition) is 15. The van der Waals surface area contributed by atoms with E-state index in [9.17, 15) is 46.9 Å². The largest absolute Gasteiger partial charge is 0.478 e. The molecule has 10 rings (SSSR count). The number of fused-ring (bicyclic) bond motifs is 10. The molecular formula is C67H107N3O15S2. The molecule has 2 aromatic rings. The van der Waals surface area contributed by atoms with Gasteiger partial charge in [-0.1, -0.05) is 68.2 Å². The molecule has 0 aliphatic heterocycles. The lowest BCUT2D eigenvalue weighted by Gasteiger charge is -2.64. The summed E-state index contributed by atoms with van der Waals surface area (Å²) in [6.45, 7) is 20.3. The third kappa shape index (κ3) is 15.0. The van der Waals surface area contributed by atoms with E-state index < -0.39 is 32.0 Å². The van der Waals surface area contributed by atoms with Crippen LogP contribution in [-0.2, 0) is 20.2 Å². The number of carboxylic acid groups (broad SMARTS) is 1. The number of rotatable bonds is 20. The summed E-state index contributed by atoms with van der Waals surface area (Å²) in [5.74, 6) is 5.55. The second-order valence-electron chi connectivity index (χ2n) is 29.4. The van der Waals surface area contributed by atoms with Crippen LogP contribution in [0.3, 0.4) is 0 Å². The first-order valence-electron chi connectivity index (χ1n) is 33.2. The summed E-state index contributed by atoms with van der Waals surface area (Å²) in [5, 5.41) is 53.9. The van der Waals surface area contributed by atoms with Crippen molar-refractivity contribution in [1.29, 1.82) is 0 Å². The number of carboxylic acids is 1. The van der Waals surface area contributed by atoms with Gasteiger partial charge in [0.2, 0.25) is 11.8 Å². The van der Waals surface area contributed by atoms with Crippen molar-refractivity contribution in [2.75, 3.05) is 31.3 Å². The van der Waals surface area contributed by atoms with Gasteiger partial charge in [-0.25, -0.2) is 14.8 Å². The standard InChI is InChI=1S/C34H53NO7S.C31H47NO5.C2H7NO3S/c1-5-24-28-19-23(36)12-15-34(28,4)27-13-16-33(3)25(9-10-26(33)31(27)32(24)38)21(2)14-17-42-30-11-8-22(20-35-30)29(37)7-6-18-43(39,40)41;1-5-21-25-16-20(33)10-13-31(25,4)24-11-14-30(3)22(7-8-23(30)27(24)28(21)34)18(2)12-15-37-26-9-6-19(17-32-26)29(35)36;3-1-2-7(4,5)6/h8,11,20-21,23-28,31-32,36,38H,5-7,9-10,12-19H2,1-4H3,(H,39,40,41);6,9,17-18,20-25,27-28,33-34H,5,7-8,10-16H2,1-4H3,(H,35,36);1-3H2,(H,4,5,6)/t21-,23-,24-,25-,26+,27+,28+,31+,32-,33-,34-;18-,20-,21-,22-,23+,24+,25+,27+,28-,30-,31-;/m11./s1. The Labute approximate surface area is 519 Å². The normalized spacial score (nSPS) is 39.3. The molecule has 2 aromatic heterocycles. The van der Waals surface area contributed by atoms with Crippen molar-refractivity contribution in [3.05, 3.63) is 47.8 Å². The fourth-order valence-corrected chi connectivity index (χ4v) is 21.7. The Balaban J connectivity index is 0.000000205. The minimum Gasteiger partial charge on any atom is -0.478 e. The second-order valence-corrected chi connectivity index (χ2v) is 32.6. The average molecular weight is 1260 g/mol. The van der Waals surface area contributed by atoms with Crippen LogP contribution in [0.25, 0.3) is 0 Å². The lowest BCUT2D eigenvalue weighted by atomic mass is 9.41. The highest BCUT2D eigenvalue weighted by Crippen LogP contribution is 2.71. The molecule has 0 unspecified atom stereocenters. The molecule has 0 amide bonds. The first-order chi connectivity index (χ1) is 40.9. The topological polar surface area (TPSA) is 314 Å². The van der Waals surface area contributed by atoms with E-state index in [4.69, 9.17) is 29.4 Å². The Bertz CT molecular complexity index is 2850. The van der Waals surface area contributed by atoms with Crippen LogP contribution in [0.2, 0.25) is 0 Å². The zero-order valence-corrected chi connectivity index (χ0v) is 54.9. The quantitative estimate of drug-likeness (QED) is 0.0451. The molecule has 492 valence electrons. The highest BCUT2D eigenvalue weighted by atomic mass is 32.2. The maximum absolute atomic E-state index is 12.3. The number of ether oxygens (including phenoxy) is 2. The third-order valence-electron chi connectivity index (χ3n) is 25.2. The lowest BCUT2D eigenvalue weighted by Crippen LogP contribution is -2.62. The number of nitrogens with two attached hydrogens (primary N) is 1. The fourth-order valence-electron chi connectivity index (χ4n) is 20.9. The van der Waals surface area contributed by atoms with Gasteiger partial charge in [0, 0.05) is 43.1 Å². The highest BCUT2D eigenvalue weighted by Gasteiger charge is 2.67. The van der Waals surface area contributed by atoms with Crippen LogP contribution in [0.5, 0.6) is 11.8 Å². The molecular weight excluding hydrogens is 1150 g/mol. The van der Waals surface area contributed by atoms with Crippen molar-refractivity contribution in [2.45, 2.75) is 208 Å². The van der Waals surface area contributed by atoms with Crippen molar-refractivity contribution in [1.82, 2.24) is 9.97 Å². The molecule has 22 atom stereocenters. The van der Waals surface area contributed by atoms with Gasteiger partial charge in [-0.3, -0.25) is 13.9 Å². The number of hydrogen-bond donors (Lipinski definition) is 8. The molecule has 0 bridgehead atoms. The Kier molecular flexibility index (Phi) is 22.6. The first kappa shape index (κ1) is 69.5. The van der Waals surface area contributed by atoms with Crippen LogP contribution in [0.15, 0.2) is 36.7 Å². The van der Waals surface area contributed by atoms with Gasteiger partial charge in [-0.05, 0) is 226 Å². The number of pyridine rings is 2. The molecule has 8 saturated carbocycles. The van der Waals surface area contributed by atoms with Crippen LogP contribution in [-0.4, -0.2) is 129 Å². The van der Waals surface area contributed by atoms with Crippen LogP contribution < -0.4 is 15.2 Å². The summed E-state index contributed by atoms with van der Waals surface area (Å²) < 4.78 is 69.8. The highest BCUT2D eigenvalue weighted by molar-refractivity contribution is 7.86. The summed E-state index contributed by atoms with van der Waals surface area (Å²) in [6.07, 6.45) is 21.2. The van der Waals surface area contributed by atoms with Crippen molar-refractivity contribution < 1.29 is 70.5 Å². The minimum atomic E-state index is -4.07. The third-order valence-corrected chi connectivity index (χ3v) is 26.7. The maximum Gasteiger partial charge on any atom is 0.337 e. The van der Waals surface area contributed by atoms with Gasteiger partial charge in [0.05, 0.1) is 54.7 Å². The number of Topliss-reactive ketones (excluding diaryl/α,β-unsaturated/α-hetero) is 1. The molecule has 8 aliphatic carbocycles. The number of carbonyl (C=O) groups excluding carboxylic acids is 1. The van der Waals surface area contributed by atoms with Gasteiger partial charge in [0.25, 0.3) is 20.2 Å². The predicted molar refractivity (Wildman–Crippen MR) is 333 cm³/mol. The van der Waals surface area contributed by atoms with E-state index in [1.54, 1.807) is 18.2 Å². The Morgan fingerprint density at radius 1 is 0.586 bits per heavy atom. The molecule has 0 saturated heterocycles. The molecule has 20 heteroatoms. The zero-order chi connectivity index (χ0) is 63.6. The molecule has 87 heavy (non-hydrogen) atoms. The van der Waals surface area contributed by atoms with E-state index in [1.165, 1.54) is 69.8 Å². The van der Waals surface area contributed by atoms with E-state index in [0.29, 0.717) is 107 Å². The number of ketones is 1. The summed E-state index contributed by atoms with van der Waals surface area (Å²) >= 11 is 0. The zero-order valence-electron chi connectivity index (χ0n) is 53.2. The van der Waals surface area contributed by atoms with Crippen LogP contribution in [0.4, 0.5) is 0 Å². The Hall–Kier alpha value is -3.34. The predicted octanol–water partition coefficient (Wildman–Crippen LogP) is 10.6. The smallest absolute Gasteiger partial charge is 0.337 e. The summed E-state index contributed by atoms with van der Waals surface area (Å²) in [6, 6.07) is 6.50. The first-order valence-corrected chi connectivity index (χ1v) is 36.4. The summed E-state index contributed by atoms with van der Waals surface area (Å²) in [4.78, 5) is 31.8. The molecule has 8 aliphatic rings. The number of aromatic carboxylic acids is 1. The molecule has 0 aromatic carbocycles. The van der Waals surface area contributed by atoms with Gasteiger partial charge >= 0.3 is 5.97 Å². The molecule has 8 fully saturated rings.